The standard InChI is InChI=1S/C13H22N2O3S/c1-4-18-9-10(2)15-19(16,17)13-7-5-6-12(8-13)11(3)14/h5-8,10-11,15H,4,9,14H2,1-3H3. The van der Waals surface area contributed by atoms with Crippen LogP contribution in [-0.4, -0.2) is 27.7 Å². The summed E-state index contributed by atoms with van der Waals surface area (Å²) in [7, 11) is -3.53. The summed E-state index contributed by atoms with van der Waals surface area (Å²) < 4.78 is 32.1. The molecule has 0 aliphatic rings. The van der Waals surface area contributed by atoms with Crippen LogP contribution in [0, 0.1) is 0 Å². The van der Waals surface area contributed by atoms with Crippen molar-refractivity contribution in [3.05, 3.63) is 29.8 Å². The first-order chi connectivity index (χ1) is 8.86. The van der Waals surface area contributed by atoms with Crippen LogP contribution in [0.3, 0.4) is 0 Å². The Morgan fingerprint density at radius 2 is 2.05 bits per heavy atom. The zero-order valence-corrected chi connectivity index (χ0v) is 12.4. The molecule has 3 N–H and O–H groups in total. The van der Waals surface area contributed by atoms with Crippen LogP contribution < -0.4 is 10.5 Å². The van der Waals surface area contributed by atoms with Gasteiger partial charge in [0.25, 0.3) is 0 Å². The van der Waals surface area contributed by atoms with Crippen LogP contribution in [0.1, 0.15) is 32.4 Å². The van der Waals surface area contributed by atoms with Gasteiger partial charge < -0.3 is 10.5 Å². The molecule has 0 saturated heterocycles. The Morgan fingerprint density at radius 1 is 1.37 bits per heavy atom. The molecule has 1 rings (SSSR count). The fourth-order valence-corrected chi connectivity index (χ4v) is 2.91. The highest BCUT2D eigenvalue weighted by atomic mass is 32.2. The van der Waals surface area contributed by atoms with Crippen LogP contribution in [0.2, 0.25) is 0 Å². The average molecular weight is 286 g/mol. The van der Waals surface area contributed by atoms with Gasteiger partial charge in [0.15, 0.2) is 0 Å². The van der Waals surface area contributed by atoms with Crippen LogP contribution in [0.5, 0.6) is 0 Å². The summed E-state index contributed by atoms with van der Waals surface area (Å²) in [4.78, 5) is 0.227. The van der Waals surface area contributed by atoms with Crippen molar-refractivity contribution in [3.63, 3.8) is 0 Å². The van der Waals surface area contributed by atoms with Gasteiger partial charge in [0, 0.05) is 18.7 Å². The number of benzene rings is 1. The molecule has 1 aromatic carbocycles. The Labute approximate surface area is 115 Å². The molecule has 0 radical (unpaired) electrons. The van der Waals surface area contributed by atoms with Gasteiger partial charge >= 0.3 is 0 Å². The molecule has 1 aromatic rings. The minimum Gasteiger partial charge on any atom is -0.380 e. The molecule has 0 aliphatic heterocycles. The van der Waals surface area contributed by atoms with Gasteiger partial charge in [0.2, 0.25) is 10.0 Å². The summed E-state index contributed by atoms with van der Waals surface area (Å²) in [5.41, 5.74) is 6.55. The number of hydrogen-bond donors (Lipinski definition) is 2. The first-order valence-electron chi connectivity index (χ1n) is 6.32. The maximum absolute atomic E-state index is 12.2. The number of rotatable bonds is 7. The van der Waals surface area contributed by atoms with Crippen LogP contribution in [0.15, 0.2) is 29.2 Å². The quantitative estimate of drug-likeness (QED) is 0.794. The largest absolute Gasteiger partial charge is 0.380 e. The lowest BCUT2D eigenvalue weighted by Gasteiger charge is -2.15. The Bertz CT molecular complexity index is 500. The van der Waals surface area contributed by atoms with E-state index in [0.717, 1.165) is 5.56 Å². The van der Waals surface area contributed by atoms with Gasteiger partial charge in [-0.15, -0.1) is 0 Å². The van der Waals surface area contributed by atoms with Crippen LogP contribution >= 0.6 is 0 Å². The summed E-state index contributed by atoms with van der Waals surface area (Å²) in [5, 5.41) is 0. The Morgan fingerprint density at radius 3 is 2.63 bits per heavy atom. The van der Waals surface area contributed by atoms with E-state index in [4.69, 9.17) is 10.5 Å². The lowest BCUT2D eigenvalue weighted by Crippen LogP contribution is -2.36. The van der Waals surface area contributed by atoms with E-state index < -0.39 is 10.0 Å². The number of hydrogen-bond acceptors (Lipinski definition) is 4. The zero-order chi connectivity index (χ0) is 14.5. The Hall–Kier alpha value is -0.950. The van der Waals surface area contributed by atoms with Crippen molar-refractivity contribution < 1.29 is 13.2 Å². The van der Waals surface area contributed by atoms with E-state index in [1.807, 2.05) is 19.9 Å². The normalized spacial score (nSPS) is 15.2. The smallest absolute Gasteiger partial charge is 0.240 e. The molecule has 5 nitrogen and oxygen atoms in total. The maximum Gasteiger partial charge on any atom is 0.240 e. The van der Waals surface area contributed by atoms with Gasteiger partial charge in [-0.3, -0.25) is 0 Å². The van der Waals surface area contributed by atoms with Crippen LogP contribution in [0.25, 0.3) is 0 Å². The second kappa shape index (κ2) is 7.00. The topological polar surface area (TPSA) is 81.4 Å². The summed E-state index contributed by atoms with van der Waals surface area (Å²) in [6, 6.07) is 6.19. The number of ether oxygens (including phenoxy) is 1. The van der Waals surface area contributed by atoms with E-state index in [1.165, 1.54) is 0 Å². The SMILES string of the molecule is CCOCC(C)NS(=O)(=O)c1cccc(C(C)N)c1. The molecule has 19 heavy (non-hydrogen) atoms. The van der Waals surface area contributed by atoms with Crippen molar-refractivity contribution in [3.8, 4) is 0 Å². The highest BCUT2D eigenvalue weighted by Crippen LogP contribution is 2.16. The van der Waals surface area contributed by atoms with E-state index in [0.29, 0.717) is 13.2 Å². The third kappa shape index (κ3) is 4.91. The third-order valence-electron chi connectivity index (χ3n) is 2.62. The fourth-order valence-electron chi connectivity index (χ4n) is 1.63. The van der Waals surface area contributed by atoms with Crippen LogP contribution in [0.4, 0.5) is 0 Å². The van der Waals surface area contributed by atoms with Crippen molar-refractivity contribution in [2.75, 3.05) is 13.2 Å². The minimum absolute atomic E-state index is 0.198. The molecule has 0 amide bonds. The predicted molar refractivity (Wildman–Crippen MR) is 75.3 cm³/mol. The van der Waals surface area contributed by atoms with E-state index >= 15 is 0 Å². The first kappa shape index (κ1) is 16.1. The number of nitrogens with one attached hydrogen (secondary N) is 1. The van der Waals surface area contributed by atoms with Gasteiger partial charge in [0.1, 0.15) is 0 Å². The minimum atomic E-state index is -3.53. The number of sulfonamides is 1. The zero-order valence-electron chi connectivity index (χ0n) is 11.6. The molecule has 0 bridgehead atoms. The molecule has 0 spiro atoms. The van der Waals surface area contributed by atoms with E-state index in [2.05, 4.69) is 4.72 Å². The van der Waals surface area contributed by atoms with Crippen molar-refractivity contribution in [1.82, 2.24) is 4.72 Å². The summed E-state index contributed by atoms with van der Waals surface area (Å²) in [6.45, 7) is 6.36. The number of nitrogens with two attached hydrogens (primary N) is 1. The summed E-state index contributed by atoms with van der Waals surface area (Å²) in [6.07, 6.45) is 0. The van der Waals surface area contributed by atoms with E-state index in [-0.39, 0.29) is 17.0 Å². The first-order valence-corrected chi connectivity index (χ1v) is 7.80. The second-order valence-corrected chi connectivity index (χ2v) is 6.26. The molecule has 0 aromatic heterocycles. The maximum atomic E-state index is 12.2. The Balaban J connectivity index is 2.85. The molecule has 0 fully saturated rings. The average Bonchev–Trinajstić information content (AvgIpc) is 2.36. The van der Waals surface area contributed by atoms with Gasteiger partial charge in [-0.05, 0) is 38.5 Å². The summed E-state index contributed by atoms with van der Waals surface area (Å²) in [5.74, 6) is 0. The molecule has 0 aliphatic carbocycles. The predicted octanol–water partition coefficient (Wildman–Crippen LogP) is 1.41. The third-order valence-corrected chi connectivity index (χ3v) is 4.21. The van der Waals surface area contributed by atoms with Gasteiger partial charge in [-0.1, -0.05) is 12.1 Å². The molecule has 0 heterocycles. The fraction of sp³-hybridized carbons (Fsp3) is 0.538. The lowest BCUT2D eigenvalue weighted by molar-refractivity contribution is 0.133. The molecular formula is C13H22N2O3S. The monoisotopic (exact) mass is 286 g/mol. The highest BCUT2D eigenvalue weighted by Gasteiger charge is 2.18. The molecular weight excluding hydrogens is 264 g/mol. The van der Waals surface area contributed by atoms with Crippen molar-refractivity contribution >= 4 is 10.0 Å². The van der Waals surface area contributed by atoms with Gasteiger partial charge in [-0.25, -0.2) is 13.1 Å². The van der Waals surface area contributed by atoms with Crippen molar-refractivity contribution in [2.24, 2.45) is 5.73 Å². The van der Waals surface area contributed by atoms with Crippen molar-refractivity contribution in [1.29, 1.82) is 0 Å². The lowest BCUT2D eigenvalue weighted by atomic mass is 10.1. The van der Waals surface area contributed by atoms with Crippen LogP contribution in [-0.2, 0) is 14.8 Å². The van der Waals surface area contributed by atoms with Crippen molar-refractivity contribution in [2.45, 2.75) is 37.8 Å². The molecule has 0 saturated carbocycles. The molecule has 108 valence electrons. The molecule has 2 unspecified atom stereocenters. The second-order valence-electron chi connectivity index (χ2n) is 4.54. The van der Waals surface area contributed by atoms with Gasteiger partial charge in [0.05, 0.1) is 11.5 Å². The van der Waals surface area contributed by atoms with Gasteiger partial charge in [-0.2, -0.15) is 0 Å². The summed E-state index contributed by atoms with van der Waals surface area (Å²) >= 11 is 0. The highest BCUT2D eigenvalue weighted by molar-refractivity contribution is 7.89. The molecule has 2 atom stereocenters. The molecule has 6 heteroatoms. The van der Waals surface area contributed by atoms with E-state index in [9.17, 15) is 8.42 Å². The van der Waals surface area contributed by atoms with E-state index in [1.54, 1.807) is 25.1 Å². The Kier molecular flexibility index (Phi) is 5.93.